The summed E-state index contributed by atoms with van der Waals surface area (Å²) in [6.45, 7) is 4.06. The van der Waals surface area contributed by atoms with Gasteiger partial charge in [-0.1, -0.05) is 60.7 Å². The molecule has 234 valence electrons. The van der Waals surface area contributed by atoms with Crippen LogP contribution in [0.4, 0.5) is 0 Å². The zero-order valence-corrected chi connectivity index (χ0v) is 26.6. The molecule has 1 aliphatic heterocycles. The van der Waals surface area contributed by atoms with Gasteiger partial charge in [-0.3, -0.25) is 19.3 Å². The summed E-state index contributed by atoms with van der Waals surface area (Å²) >= 11 is 12.5. The topological polar surface area (TPSA) is 117 Å². The number of ether oxygens (including phenoxy) is 1. The van der Waals surface area contributed by atoms with Crippen LogP contribution >= 0.6 is 23.2 Å². The lowest BCUT2D eigenvalue weighted by Gasteiger charge is -2.54. The van der Waals surface area contributed by atoms with Crippen LogP contribution in [-0.2, 0) is 20.8 Å². The molecule has 2 aromatic carbocycles. The van der Waals surface area contributed by atoms with E-state index in [0.29, 0.717) is 36.2 Å². The van der Waals surface area contributed by atoms with Gasteiger partial charge in [-0.15, -0.1) is 0 Å². The van der Waals surface area contributed by atoms with Crippen molar-refractivity contribution in [3.8, 4) is 5.75 Å². The van der Waals surface area contributed by atoms with E-state index < -0.39 is 6.04 Å². The average Bonchev–Trinajstić information content (AvgIpc) is 3.01. The number of nitrogens with zero attached hydrogens (tertiary/aromatic N) is 2. The maximum atomic E-state index is 13.9. The average molecular weight is 633 g/mol. The van der Waals surface area contributed by atoms with Crippen molar-refractivity contribution in [3.63, 3.8) is 0 Å². The van der Waals surface area contributed by atoms with Crippen molar-refractivity contribution in [2.24, 2.45) is 5.73 Å². The Morgan fingerprint density at radius 2 is 1.72 bits per heavy atom. The second-order valence-electron chi connectivity index (χ2n) is 11.5. The summed E-state index contributed by atoms with van der Waals surface area (Å²) in [5.41, 5.74) is 7.05. The fourth-order valence-electron chi connectivity index (χ4n) is 6.60. The van der Waals surface area contributed by atoms with Gasteiger partial charge in [-0.25, -0.2) is 0 Å². The molecule has 2 aromatic rings. The van der Waals surface area contributed by atoms with Gasteiger partial charge in [-0.2, -0.15) is 0 Å². The van der Waals surface area contributed by atoms with Gasteiger partial charge in [0.1, 0.15) is 11.8 Å². The van der Waals surface area contributed by atoms with E-state index in [-0.39, 0.29) is 48.7 Å². The van der Waals surface area contributed by atoms with Crippen LogP contribution in [0.3, 0.4) is 0 Å². The highest BCUT2D eigenvalue weighted by Crippen LogP contribution is 2.44. The molecule has 1 aliphatic carbocycles. The van der Waals surface area contributed by atoms with Crippen LogP contribution in [0.25, 0.3) is 0 Å². The lowest BCUT2D eigenvalue weighted by molar-refractivity contribution is -0.139. The molecule has 2 fully saturated rings. The molecule has 0 radical (unpaired) electrons. The molecule has 2 unspecified atom stereocenters. The van der Waals surface area contributed by atoms with Crippen molar-refractivity contribution < 1.29 is 19.1 Å². The number of amides is 3. The van der Waals surface area contributed by atoms with E-state index in [0.717, 1.165) is 49.0 Å². The van der Waals surface area contributed by atoms with Crippen molar-refractivity contribution in [1.82, 2.24) is 20.4 Å². The molecule has 1 heterocycles. The summed E-state index contributed by atoms with van der Waals surface area (Å²) in [4.78, 5) is 43.2. The molecule has 11 heteroatoms. The smallest absolute Gasteiger partial charge is 0.245 e. The quantitative estimate of drug-likeness (QED) is 0.344. The van der Waals surface area contributed by atoms with E-state index in [9.17, 15) is 14.4 Å². The number of benzene rings is 2. The van der Waals surface area contributed by atoms with Crippen LogP contribution in [0, 0.1) is 0 Å². The van der Waals surface area contributed by atoms with Crippen molar-refractivity contribution in [1.29, 1.82) is 0 Å². The first-order valence-electron chi connectivity index (χ1n) is 15.0. The van der Waals surface area contributed by atoms with Gasteiger partial charge in [0.2, 0.25) is 17.7 Å². The third-order valence-electron chi connectivity index (χ3n) is 8.70. The highest BCUT2D eigenvalue weighted by molar-refractivity contribution is 6.35. The van der Waals surface area contributed by atoms with Crippen molar-refractivity contribution >= 4 is 40.9 Å². The summed E-state index contributed by atoms with van der Waals surface area (Å²) in [5.74, 6) is 0.239. The lowest BCUT2D eigenvalue weighted by Crippen LogP contribution is -2.64. The minimum atomic E-state index is -0.781. The van der Waals surface area contributed by atoms with Gasteiger partial charge in [-0.05, 0) is 48.2 Å². The minimum Gasteiger partial charge on any atom is -0.497 e. The van der Waals surface area contributed by atoms with Crippen LogP contribution in [0.5, 0.6) is 5.75 Å². The van der Waals surface area contributed by atoms with Gasteiger partial charge in [0, 0.05) is 68.1 Å². The van der Waals surface area contributed by atoms with E-state index in [4.69, 9.17) is 33.7 Å². The molecule has 43 heavy (non-hydrogen) atoms. The number of hydrogen-bond acceptors (Lipinski definition) is 6. The van der Waals surface area contributed by atoms with Gasteiger partial charge in [0.15, 0.2) is 0 Å². The Morgan fingerprint density at radius 1 is 1.00 bits per heavy atom. The second-order valence-corrected chi connectivity index (χ2v) is 12.3. The molecule has 4 N–H and O–H groups in total. The van der Waals surface area contributed by atoms with Crippen molar-refractivity contribution in [2.45, 2.75) is 69.5 Å². The van der Waals surface area contributed by atoms with Crippen LogP contribution in [0.1, 0.15) is 62.6 Å². The number of piperazine rings is 1. The molecule has 0 bridgehead atoms. The first-order chi connectivity index (χ1) is 20.7. The van der Waals surface area contributed by atoms with E-state index >= 15 is 0 Å². The van der Waals surface area contributed by atoms with Crippen molar-refractivity contribution in [2.75, 3.05) is 39.8 Å². The SMILES string of the molecule is COc1cccc(C(NC(C)=O)C2(N3CCN(C(=O)C(Cc4ccc(Cl)cc4Cl)NC(=O)CCN)CC3)CCCCC2)c1. The van der Waals surface area contributed by atoms with Crippen LogP contribution < -0.4 is 21.1 Å². The maximum absolute atomic E-state index is 13.9. The Kier molecular flexibility index (Phi) is 11.7. The molecular formula is C32H43Cl2N5O4. The number of nitrogens with two attached hydrogens (primary N) is 1. The number of carbonyl (C=O) groups is 3. The summed E-state index contributed by atoms with van der Waals surface area (Å²) in [7, 11) is 1.64. The van der Waals surface area contributed by atoms with E-state index in [1.807, 2.05) is 23.1 Å². The normalized spacial score (nSPS) is 18.4. The van der Waals surface area contributed by atoms with E-state index in [1.165, 1.54) is 0 Å². The first kappa shape index (κ1) is 33.1. The third-order valence-corrected chi connectivity index (χ3v) is 9.28. The monoisotopic (exact) mass is 631 g/mol. The Bertz CT molecular complexity index is 1280. The summed E-state index contributed by atoms with van der Waals surface area (Å²) in [5, 5.41) is 7.12. The highest BCUT2D eigenvalue weighted by Gasteiger charge is 2.47. The molecule has 0 aromatic heterocycles. The largest absolute Gasteiger partial charge is 0.497 e. The number of methoxy groups -OCH3 is 1. The molecule has 0 spiro atoms. The van der Waals surface area contributed by atoms with Crippen LogP contribution in [0.15, 0.2) is 42.5 Å². The van der Waals surface area contributed by atoms with Crippen LogP contribution in [-0.4, -0.2) is 78.9 Å². The highest BCUT2D eigenvalue weighted by atomic mass is 35.5. The first-order valence-corrected chi connectivity index (χ1v) is 15.8. The molecule has 1 saturated carbocycles. The molecule has 3 amide bonds. The van der Waals surface area contributed by atoms with Crippen LogP contribution in [0.2, 0.25) is 10.0 Å². The third kappa shape index (κ3) is 8.20. The molecular weight excluding hydrogens is 589 g/mol. The van der Waals surface area contributed by atoms with E-state index in [1.54, 1.807) is 32.2 Å². The van der Waals surface area contributed by atoms with E-state index in [2.05, 4.69) is 21.6 Å². The summed E-state index contributed by atoms with van der Waals surface area (Å²) in [6, 6.07) is 12.1. The number of nitrogens with one attached hydrogen (secondary N) is 2. The summed E-state index contributed by atoms with van der Waals surface area (Å²) < 4.78 is 5.51. The van der Waals surface area contributed by atoms with Gasteiger partial charge < -0.3 is 26.0 Å². The van der Waals surface area contributed by atoms with Gasteiger partial charge in [0.25, 0.3) is 0 Å². The minimum absolute atomic E-state index is 0.0801. The Hall–Kier alpha value is -2.85. The lowest BCUT2D eigenvalue weighted by atomic mass is 9.72. The predicted molar refractivity (Wildman–Crippen MR) is 169 cm³/mol. The second kappa shape index (κ2) is 15.2. The predicted octanol–water partition coefficient (Wildman–Crippen LogP) is 4.10. The Labute approximate surface area is 264 Å². The fourth-order valence-corrected chi connectivity index (χ4v) is 7.09. The van der Waals surface area contributed by atoms with Gasteiger partial charge >= 0.3 is 0 Å². The molecule has 9 nitrogen and oxygen atoms in total. The fraction of sp³-hybridized carbons (Fsp3) is 0.531. The molecule has 4 rings (SSSR count). The number of hydrogen-bond donors (Lipinski definition) is 3. The number of rotatable bonds is 11. The Morgan fingerprint density at radius 3 is 2.35 bits per heavy atom. The van der Waals surface area contributed by atoms with Gasteiger partial charge in [0.05, 0.1) is 13.2 Å². The molecule has 2 atom stereocenters. The molecule has 2 aliphatic rings. The number of halogens is 2. The zero-order valence-electron chi connectivity index (χ0n) is 25.0. The number of carbonyl (C=O) groups excluding carboxylic acids is 3. The molecule has 1 saturated heterocycles. The standard InChI is InChI=1S/C32H43Cl2N5O4/c1-22(40)36-30(24-7-6-8-26(19-24)43-2)32(12-4-3-5-13-32)39-17-15-38(16-18-39)31(42)28(37-29(41)11-14-35)20-23-9-10-25(33)21-27(23)34/h6-10,19,21,28,30H,3-5,11-18,20,35H2,1-2H3,(H,36,40)(H,37,41). The van der Waals surface area contributed by atoms with Crippen molar-refractivity contribution in [3.05, 3.63) is 63.6 Å². The maximum Gasteiger partial charge on any atom is 0.245 e. The zero-order chi connectivity index (χ0) is 31.0. The Balaban J connectivity index is 1.55. The summed E-state index contributed by atoms with van der Waals surface area (Å²) in [6.07, 6.45) is 5.54.